The molecule has 1 N–H and O–H groups in total. The van der Waals surface area contributed by atoms with Gasteiger partial charge in [0.2, 0.25) is 14.2 Å². The van der Waals surface area contributed by atoms with Crippen LogP contribution in [0.15, 0.2) is 16.9 Å². The van der Waals surface area contributed by atoms with E-state index >= 15 is 0 Å². The van der Waals surface area contributed by atoms with E-state index < -0.39 is 8.32 Å². The zero-order valence-corrected chi connectivity index (χ0v) is 8.42. The third-order valence-electron chi connectivity index (χ3n) is 1.06. The van der Waals surface area contributed by atoms with E-state index in [0.29, 0.717) is 5.88 Å². The van der Waals surface area contributed by atoms with E-state index in [2.05, 4.69) is 29.8 Å². The molecule has 66 valence electrons. The lowest BCUT2D eigenvalue weighted by Gasteiger charge is -2.16. The van der Waals surface area contributed by atoms with E-state index in [4.69, 9.17) is 4.43 Å². The molecule has 1 rings (SSSR count). The topological polar surface area (TPSA) is 55.0 Å². The van der Waals surface area contributed by atoms with Crippen molar-refractivity contribution in [1.82, 2.24) is 10.2 Å². The molecule has 1 heterocycles. The Morgan fingerprint density at radius 1 is 1.42 bits per heavy atom. The summed E-state index contributed by atoms with van der Waals surface area (Å²) in [6.45, 7) is 6.17. The smallest absolute Gasteiger partial charge is 0.264 e. The maximum Gasteiger partial charge on any atom is 0.264 e. The van der Waals surface area contributed by atoms with E-state index in [0.717, 1.165) is 0 Å². The molecule has 0 saturated heterocycles. The van der Waals surface area contributed by atoms with Gasteiger partial charge in [0.25, 0.3) is 5.56 Å². The molecular weight excluding hydrogens is 172 g/mol. The highest BCUT2D eigenvalue weighted by Crippen LogP contribution is 2.09. The van der Waals surface area contributed by atoms with Crippen LogP contribution in [0.2, 0.25) is 19.6 Å². The predicted octanol–water partition coefficient (Wildman–Crippen LogP) is 0.984. The van der Waals surface area contributed by atoms with Crippen LogP contribution in [0.4, 0.5) is 0 Å². The molecule has 0 aliphatic rings. The van der Waals surface area contributed by atoms with E-state index in [1.807, 2.05) is 0 Å². The van der Waals surface area contributed by atoms with Crippen LogP contribution in [-0.4, -0.2) is 18.5 Å². The van der Waals surface area contributed by atoms with Gasteiger partial charge in [0.05, 0.1) is 0 Å². The largest absolute Gasteiger partial charge is 0.530 e. The SMILES string of the molecule is C[Si](C)(C)Oc1ccc(=O)[nH]n1. The molecule has 0 spiro atoms. The molecule has 0 unspecified atom stereocenters. The summed E-state index contributed by atoms with van der Waals surface area (Å²) in [5.74, 6) is 0.494. The van der Waals surface area contributed by atoms with Crippen molar-refractivity contribution in [3.8, 4) is 5.88 Å². The lowest BCUT2D eigenvalue weighted by Crippen LogP contribution is -2.30. The second-order valence-electron chi connectivity index (χ2n) is 3.47. The molecular formula is C7H12N2O2Si. The third-order valence-corrected chi connectivity index (χ3v) is 1.89. The number of nitrogens with zero attached hydrogens (tertiary/aromatic N) is 1. The van der Waals surface area contributed by atoms with Gasteiger partial charge in [0.15, 0.2) is 0 Å². The summed E-state index contributed by atoms with van der Waals surface area (Å²) in [6.07, 6.45) is 0. The van der Waals surface area contributed by atoms with E-state index in [-0.39, 0.29) is 5.56 Å². The minimum Gasteiger partial charge on any atom is -0.530 e. The minimum atomic E-state index is -1.60. The monoisotopic (exact) mass is 184 g/mol. The molecule has 0 radical (unpaired) electrons. The van der Waals surface area contributed by atoms with Crippen LogP contribution in [0, 0.1) is 0 Å². The summed E-state index contributed by atoms with van der Waals surface area (Å²) in [7, 11) is -1.60. The number of rotatable bonds is 2. The van der Waals surface area contributed by atoms with Crippen molar-refractivity contribution in [3.63, 3.8) is 0 Å². The van der Waals surface area contributed by atoms with Crippen LogP contribution in [0.25, 0.3) is 0 Å². The highest BCUT2D eigenvalue weighted by Gasteiger charge is 2.16. The van der Waals surface area contributed by atoms with Crippen LogP contribution >= 0.6 is 0 Å². The van der Waals surface area contributed by atoms with Gasteiger partial charge >= 0.3 is 0 Å². The Kier molecular flexibility index (Phi) is 2.32. The van der Waals surface area contributed by atoms with Crippen LogP contribution in [0.5, 0.6) is 5.88 Å². The van der Waals surface area contributed by atoms with Gasteiger partial charge in [-0.2, -0.15) is 0 Å². The Bertz CT molecular complexity index is 295. The Balaban J connectivity index is 2.78. The molecule has 0 amide bonds. The van der Waals surface area contributed by atoms with Crippen molar-refractivity contribution in [3.05, 3.63) is 22.5 Å². The fourth-order valence-electron chi connectivity index (χ4n) is 0.702. The number of hydrogen-bond acceptors (Lipinski definition) is 3. The number of nitrogens with one attached hydrogen (secondary N) is 1. The van der Waals surface area contributed by atoms with Crippen LogP contribution in [0.3, 0.4) is 0 Å². The average molecular weight is 184 g/mol. The Morgan fingerprint density at radius 2 is 2.08 bits per heavy atom. The summed E-state index contributed by atoms with van der Waals surface area (Å²) in [5.41, 5.74) is -0.210. The van der Waals surface area contributed by atoms with Crippen molar-refractivity contribution < 1.29 is 4.43 Å². The molecule has 0 saturated carbocycles. The van der Waals surface area contributed by atoms with Gasteiger partial charge in [0.1, 0.15) is 0 Å². The summed E-state index contributed by atoms with van der Waals surface area (Å²) < 4.78 is 5.51. The van der Waals surface area contributed by atoms with Gasteiger partial charge < -0.3 is 4.43 Å². The van der Waals surface area contributed by atoms with E-state index in [9.17, 15) is 4.79 Å². The molecule has 0 aliphatic carbocycles. The van der Waals surface area contributed by atoms with E-state index in [1.54, 1.807) is 6.07 Å². The number of aromatic nitrogens is 2. The predicted molar refractivity (Wildman–Crippen MR) is 48.8 cm³/mol. The van der Waals surface area contributed by atoms with Crippen molar-refractivity contribution in [1.29, 1.82) is 0 Å². The fourth-order valence-corrected chi connectivity index (χ4v) is 1.44. The van der Waals surface area contributed by atoms with Crippen LogP contribution in [0.1, 0.15) is 0 Å². The lowest BCUT2D eigenvalue weighted by molar-refractivity contribution is 0.522. The van der Waals surface area contributed by atoms with Gasteiger partial charge in [-0.05, 0) is 19.6 Å². The Hall–Kier alpha value is -1.10. The van der Waals surface area contributed by atoms with Crippen LogP contribution in [-0.2, 0) is 0 Å². The zero-order chi connectivity index (χ0) is 9.19. The molecule has 0 aliphatic heterocycles. The zero-order valence-electron chi connectivity index (χ0n) is 7.42. The van der Waals surface area contributed by atoms with Crippen molar-refractivity contribution in [2.24, 2.45) is 0 Å². The maximum atomic E-state index is 10.6. The first-order valence-corrected chi connectivity index (χ1v) is 7.13. The molecule has 1 aromatic rings. The second kappa shape index (κ2) is 3.10. The summed E-state index contributed by atoms with van der Waals surface area (Å²) >= 11 is 0. The first kappa shape index (κ1) is 8.99. The second-order valence-corrected chi connectivity index (χ2v) is 7.90. The van der Waals surface area contributed by atoms with E-state index in [1.165, 1.54) is 6.07 Å². The van der Waals surface area contributed by atoms with Gasteiger partial charge in [-0.25, -0.2) is 5.10 Å². The van der Waals surface area contributed by atoms with Crippen LogP contribution < -0.4 is 9.99 Å². The highest BCUT2D eigenvalue weighted by atomic mass is 28.4. The average Bonchev–Trinajstić information content (AvgIpc) is 1.91. The minimum absolute atomic E-state index is 0.210. The molecule has 0 atom stereocenters. The number of hydrogen-bond donors (Lipinski definition) is 1. The standard InChI is InChI=1S/C7H12N2O2Si/c1-12(2,3)11-7-5-4-6(10)8-9-7/h4-5H,1-3H3,(H,8,10). The molecule has 0 bridgehead atoms. The van der Waals surface area contributed by atoms with Gasteiger partial charge in [-0.1, -0.05) is 0 Å². The van der Waals surface area contributed by atoms with Crippen molar-refractivity contribution in [2.45, 2.75) is 19.6 Å². The summed E-state index contributed by atoms with van der Waals surface area (Å²) in [4.78, 5) is 10.6. The number of aromatic amines is 1. The summed E-state index contributed by atoms with van der Waals surface area (Å²) in [6, 6.07) is 2.99. The molecule has 5 heteroatoms. The molecule has 0 aromatic carbocycles. The first-order chi connectivity index (χ1) is 5.47. The molecule has 4 nitrogen and oxygen atoms in total. The molecule has 12 heavy (non-hydrogen) atoms. The van der Waals surface area contributed by atoms with Gasteiger partial charge in [-0.3, -0.25) is 4.79 Å². The summed E-state index contributed by atoms with van der Waals surface area (Å²) in [5, 5.41) is 6.05. The lowest BCUT2D eigenvalue weighted by atomic mass is 10.6. The van der Waals surface area contributed by atoms with Crippen molar-refractivity contribution in [2.75, 3.05) is 0 Å². The Morgan fingerprint density at radius 3 is 2.50 bits per heavy atom. The Labute approximate surface area is 71.7 Å². The molecule has 1 aromatic heterocycles. The normalized spacial score (nSPS) is 11.2. The third kappa shape index (κ3) is 2.87. The highest BCUT2D eigenvalue weighted by molar-refractivity contribution is 6.70. The van der Waals surface area contributed by atoms with Gasteiger partial charge in [-0.15, -0.1) is 5.10 Å². The van der Waals surface area contributed by atoms with Gasteiger partial charge in [0, 0.05) is 12.1 Å². The fraction of sp³-hybridized carbons (Fsp3) is 0.429. The maximum absolute atomic E-state index is 10.6. The van der Waals surface area contributed by atoms with Crippen molar-refractivity contribution >= 4 is 8.32 Å². The first-order valence-electron chi connectivity index (χ1n) is 3.72. The quantitative estimate of drug-likeness (QED) is 0.697. The molecule has 0 fully saturated rings. The number of H-pyrrole nitrogens is 1.